The standard InChI is InChI=1S/C26H20O10/c27-17-6-1-13(9-19(17)29)10-23(26(33)34)35-24(32)8-4-14-3-7-18(28)25-16(14)5-2-15-11-20(30)21(31)12-22(15)36-25/h1-9,11-12,23,27-31H,10H2,(H,33,34)/b8-4+. The summed E-state index contributed by atoms with van der Waals surface area (Å²) in [7, 11) is 0. The van der Waals surface area contributed by atoms with Gasteiger partial charge < -0.3 is 40.1 Å². The van der Waals surface area contributed by atoms with Crippen molar-refractivity contribution in [3.63, 3.8) is 0 Å². The molecular weight excluding hydrogens is 472 g/mol. The van der Waals surface area contributed by atoms with Crippen LogP contribution in [0, 0.1) is 0 Å². The van der Waals surface area contributed by atoms with Crippen LogP contribution in [0.4, 0.5) is 0 Å². The Morgan fingerprint density at radius 1 is 0.861 bits per heavy atom. The van der Waals surface area contributed by atoms with E-state index in [1.807, 2.05) is 0 Å². The van der Waals surface area contributed by atoms with Crippen LogP contribution in [0.25, 0.3) is 18.2 Å². The molecule has 0 aliphatic carbocycles. The number of carbonyl (C=O) groups excluding carboxylic acids is 1. The molecule has 0 aromatic heterocycles. The molecule has 36 heavy (non-hydrogen) atoms. The molecule has 1 heterocycles. The van der Waals surface area contributed by atoms with Crippen molar-refractivity contribution in [2.75, 3.05) is 0 Å². The highest BCUT2D eigenvalue weighted by Crippen LogP contribution is 2.44. The zero-order valence-corrected chi connectivity index (χ0v) is 18.5. The lowest BCUT2D eigenvalue weighted by Crippen LogP contribution is -2.28. The maximum atomic E-state index is 12.4. The predicted molar refractivity (Wildman–Crippen MR) is 127 cm³/mol. The minimum atomic E-state index is -1.55. The van der Waals surface area contributed by atoms with Crippen molar-refractivity contribution < 1.29 is 49.7 Å². The van der Waals surface area contributed by atoms with E-state index in [9.17, 15) is 40.2 Å². The van der Waals surface area contributed by atoms with E-state index in [4.69, 9.17) is 9.47 Å². The molecule has 0 saturated carbocycles. The van der Waals surface area contributed by atoms with Gasteiger partial charge in [0.25, 0.3) is 0 Å². The van der Waals surface area contributed by atoms with Gasteiger partial charge in [0.05, 0.1) is 0 Å². The average molecular weight is 492 g/mol. The summed E-state index contributed by atoms with van der Waals surface area (Å²) >= 11 is 0. The Hall–Kier alpha value is -5.12. The molecule has 10 nitrogen and oxygen atoms in total. The molecule has 3 aromatic rings. The molecule has 0 amide bonds. The number of benzene rings is 3. The number of aliphatic carboxylic acids is 1. The fourth-order valence-corrected chi connectivity index (χ4v) is 3.53. The summed E-state index contributed by atoms with van der Waals surface area (Å²) in [6, 6.07) is 9.08. The topological polar surface area (TPSA) is 174 Å². The van der Waals surface area contributed by atoms with Gasteiger partial charge in [-0.05, 0) is 47.5 Å². The Morgan fingerprint density at radius 3 is 2.28 bits per heavy atom. The van der Waals surface area contributed by atoms with Crippen LogP contribution < -0.4 is 4.74 Å². The fourth-order valence-electron chi connectivity index (χ4n) is 3.53. The van der Waals surface area contributed by atoms with Crippen molar-refractivity contribution in [2.45, 2.75) is 12.5 Å². The van der Waals surface area contributed by atoms with E-state index >= 15 is 0 Å². The molecule has 0 fully saturated rings. The van der Waals surface area contributed by atoms with Gasteiger partial charge in [-0.15, -0.1) is 0 Å². The summed E-state index contributed by atoms with van der Waals surface area (Å²) in [6.07, 6.45) is 3.74. The summed E-state index contributed by atoms with van der Waals surface area (Å²) in [5.74, 6) is -3.89. The van der Waals surface area contributed by atoms with Crippen molar-refractivity contribution in [1.29, 1.82) is 0 Å². The first-order chi connectivity index (χ1) is 17.1. The van der Waals surface area contributed by atoms with Gasteiger partial charge in [-0.2, -0.15) is 0 Å². The Morgan fingerprint density at radius 2 is 1.56 bits per heavy atom. The number of phenolic OH excluding ortho intramolecular Hbond substituents is 5. The van der Waals surface area contributed by atoms with E-state index in [0.29, 0.717) is 22.3 Å². The molecular formula is C26H20O10. The number of ether oxygens (including phenoxy) is 2. The molecule has 184 valence electrons. The highest BCUT2D eigenvalue weighted by molar-refractivity contribution is 5.91. The molecule has 1 aliphatic heterocycles. The van der Waals surface area contributed by atoms with E-state index in [-0.39, 0.29) is 35.2 Å². The lowest BCUT2D eigenvalue weighted by atomic mass is 10.0. The molecule has 1 atom stereocenters. The van der Waals surface area contributed by atoms with Gasteiger partial charge in [-0.25, -0.2) is 9.59 Å². The number of hydrogen-bond acceptors (Lipinski definition) is 9. The van der Waals surface area contributed by atoms with E-state index in [0.717, 1.165) is 6.08 Å². The number of carboxylic acids is 1. The predicted octanol–water partition coefficient (Wildman–Crippen LogP) is 3.74. The summed E-state index contributed by atoms with van der Waals surface area (Å²) in [6.45, 7) is 0. The average Bonchev–Trinajstić information content (AvgIpc) is 3.01. The van der Waals surface area contributed by atoms with E-state index in [1.54, 1.807) is 12.2 Å². The van der Waals surface area contributed by atoms with Gasteiger partial charge in [0.1, 0.15) is 5.75 Å². The number of carboxylic acid groups (broad SMARTS) is 1. The highest BCUT2D eigenvalue weighted by atomic mass is 16.6. The molecule has 6 N–H and O–H groups in total. The Balaban J connectivity index is 1.55. The number of carbonyl (C=O) groups is 2. The van der Waals surface area contributed by atoms with Crippen LogP contribution in [0.1, 0.15) is 22.3 Å². The van der Waals surface area contributed by atoms with Crippen molar-refractivity contribution in [3.8, 4) is 40.2 Å². The second-order valence-electron chi connectivity index (χ2n) is 7.86. The van der Waals surface area contributed by atoms with Gasteiger partial charge in [-0.3, -0.25) is 0 Å². The zero-order valence-electron chi connectivity index (χ0n) is 18.5. The monoisotopic (exact) mass is 492 g/mol. The Kier molecular flexibility index (Phi) is 6.42. The summed E-state index contributed by atoms with van der Waals surface area (Å²) in [5, 5.41) is 58.2. The third-order valence-corrected chi connectivity index (χ3v) is 5.35. The molecule has 4 rings (SSSR count). The van der Waals surface area contributed by atoms with Gasteiger partial charge in [-0.1, -0.05) is 18.2 Å². The van der Waals surface area contributed by atoms with Crippen LogP contribution in [0.15, 0.2) is 48.5 Å². The molecule has 0 spiro atoms. The van der Waals surface area contributed by atoms with Crippen LogP contribution in [0.3, 0.4) is 0 Å². The summed E-state index contributed by atoms with van der Waals surface area (Å²) < 4.78 is 10.8. The van der Waals surface area contributed by atoms with E-state index < -0.39 is 29.5 Å². The molecule has 0 saturated heterocycles. The van der Waals surface area contributed by atoms with E-state index in [1.165, 1.54) is 48.5 Å². The fraction of sp³-hybridized carbons (Fsp3) is 0.0769. The van der Waals surface area contributed by atoms with Gasteiger partial charge in [0.15, 0.2) is 34.5 Å². The second-order valence-corrected chi connectivity index (χ2v) is 7.86. The van der Waals surface area contributed by atoms with Crippen LogP contribution in [0.2, 0.25) is 0 Å². The van der Waals surface area contributed by atoms with Crippen LogP contribution >= 0.6 is 0 Å². The first kappa shape index (κ1) is 24.0. The summed E-state index contributed by atoms with van der Waals surface area (Å²) in [5.41, 5.74) is 1.56. The van der Waals surface area contributed by atoms with Crippen LogP contribution in [-0.4, -0.2) is 48.7 Å². The van der Waals surface area contributed by atoms with Crippen molar-refractivity contribution in [1.82, 2.24) is 0 Å². The third kappa shape index (κ3) is 5.02. The maximum Gasteiger partial charge on any atom is 0.345 e. The largest absolute Gasteiger partial charge is 0.504 e. The Labute approximate surface area is 203 Å². The normalized spacial score (nSPS) is 12.8. The van der Waals surface area contributed by atoms with Crippen LogP contribution in [0.5, 0.6) is 40.2 Å². The van der Waals surface area contributed by atoms with Gasteiger partial charge >= 0.3 is 11.9 Å². The first-order valence-corrected chi connectivity index (χ1v) is 10.5. The minimum absolute atomic E-state index is 0.0427. The number of hydrogen-bond donors (Lipinski definition) is 6. The number of fused-ring (bicyclic) bond motifs is 2. The molecule has 10 heteroatoms. The smallest absolute Gasteiger partial charge is 0.345 e. The third-order valence-electron chi connectivity index (χ3n) is 5.35. The van der Waals surface area contributed by atoms with Gasteiger partial charge in [0.2, 0.25) is 6.10 Å². The number of esters is 1. The van der Waals surface area contributed by atoms with Crippen LogP contribution in [-0.2, 0) is 20.7 Å². The number of phenols is 5. The molecule has 1 aliphatic rings. The van der Waals surface area contributed by atoms with E-state index in [2.05, 4.69) is 0 Å². The second kappa shape index (κ2) is 9.63. The van der Waals surface area contributed by atoms with Crippen molar-refractivity contribution >= 4 is 30.2 Å². The quantitative estimate of drug-likeness (QED) is 0.132. The number of aromatic hydroxyl groups is 5. The molecule has 0 bridgehead atoms. The molecule has 3 aromatic carbocycles. The van der Waals surface area contributed by atoms with Crippen molar-refractivity contribution in [2.24, 2.45) is 0 Å². The highest BCUT2D eigenvalue weighted by Gasteiger charge is 2.23. The maximum absolute atomic E-state index is 12.4. The SMILES string of the molecule is O=C(/C=C/c1ccc(O)c2c1C=Cc1cc(O)c(O)cc1O2)OC(Cc1ccc(O)c(O)c1)C(=O)O. The summed E-state index contributed by atoms with van der Waals surface area (Å²) in [4.78, 5) is 24.0. The minimum Gasteiger partial charge on any atom is -0.504 e. The first-order valence-electron chi connectivity index (χ1n) is 10.5. The van der Waals surface area contributed by atoms with Crippen molar-refractivity contribution in [3.05, 3.63) is 70.8 Å². The lowest BCUT2D eigenvalue weighted by molar-refractivity contribution is -0.160. The zero-order chi connectivity index (χ0) is 26.0. The molecule has 1 unspecified atom stereocenters. The van der Waals surface area contributed by atoms with Gasteiger partial charge in [0, 0.05) is 29.7 Å². The molecule has 0 radical (unpaired) electrons. The number of rotatable bonds is 6. The Bertz CT molecular complexity index is 1420. The lowest BCUT2D eigenvalue weighted by Gasteiger charge is -2.14.